The molecule has 1 amide bonds. The summed E-state index contributed by atoms with van der Waals surface area (Å²) in [6.45, 7) is 1.73. The van der Waals surface area contributed by atoms with E-state index in [1.165, 1.54) is 16.2 Å². The molecule has 2 saturated heterocycles. The van der Waals surface area contributed by atoms with Gasteiger partial charge in [0.05, 0.1) is 23.7 Å². The van der Waals surface area contributed by atoms with Crippen LogP contribution < -0.4 is 15.6 Å². The highest BCUT2D eigenvalue weighted by Crippen LogP contribution is 2.33. The van der Waals surface area contributed by atoms with Crippen LogP contribution in [0.25, 0.3) is 11.7 Å². The zero-order valence-corrected chi connectivity index (χ0v) is 21.4. The van der Waals surface area contributed by atoms with Crippen molar-refractivity contribution in [1.29, 1.82) is 0 Å². The van der Waals surface area contributed by atoms with Crippen LogP contribution in [0, 0.1) is 0 Å². The van der Waals surface area contributed by atoms with Crippen molar-refractivity contribution in [3.05, 3.63) is 75.0 Å². The topological polar surface area (TPSA) is 85.2 Å². The number of pyridine rings is 1. The van der Waals surface area contributed by atoms with Gasteiger partial charge < -0.3 is 14.8 Å². The Hall–Kier alpha value is -3.21. The van der Waals surface area contributed by atoms with Gasteiger partial charge in [-0.1, -0.05) is 42.2 Å². The number of thioether (sulfide) groups is 1. The normalized spacial score (nSPS) is 19.0. The largest absolute Gasteiger partial charge is 0.497 e. The van der Waals surface area contributed by atoms with Crippen LogP contribution in [0.15, 0.2) is 58.4 Å². The van der Waals surface area contributed by atoms with E-state index in [0.29, 0.717) is 45.8 Å². The molecular formula is C26H26N4O4S2. The smallest absolute Gasteiger partial charge is 0.267 e. The lowest BCUT2D eigenvalue weighted by atomic mass is 10.1. The summed E-state index contributed by atoms with van der Waals surface area (Å²) in [6.07, 6.45) is 5.99. The van der Waals surface area contributed by atoms with Gasteiger partial charge in [0, 0.05) is 25.9 Å². The maximum Gasteiger partial charge on any atom is 0.267 e. The molecule has 0 spiro atoms. The van der Waals surface area contributed by atoms with Gasteiger partial charge >= 0.3 is 0 Å². The number of nitrogens with one attached hydrogen (secondary N) is 1. The van der Waals surface area contributed by atoms with E-state index < -0.39 is 0 Å². The minimum absolute atomic E-state index is 0.0741. The van der Waals surface area contributed by atoms with E-state index in [-0.39, 0.29) is 17.6 Å². The van der Waals surface area contributed by atoms with Crippen molar-refractivity contribution < 1.29 is 14.3 Å². The lowest BCUT2D eigenvalue weighted by Crippen LogP contribution is -2.30. The first-order valence-corrected chi connectivity index (χ1v) is 13.0. The Morgan fingerprint density at radius 2 is 2.08 bits per heavy atom. The molecule has 1 N–H and O–H groups in total. The summed E-state index contributed by atoms with van der Waals surface area (Å²) in [5, 5.41) is 3.28. The van der Waals surface area contributed by atoms with Gasteiger partial charge in [-0.25, -0.2) is 4.98 Å². The summed E-state index contributed by atoms with van der Waals surface area (Å²) in [4.78, 5) is 33.3. The average Bonchev–Trinajstić information content (AvgIpc) is 3.51. The highest BCUT2D eigenvalue weighted by atomic mass is 32.2. The molecule has 4 heterocycles. The van der Waals surface area contributed by atoms with E-state index in [2.05, 4.69) is 10.3 Å². The maximum absolute atomic E-state index is 13.4. The first kappa shape index (κ1) is 24.5. The minimum Gasteiger partial charge on any atom is -0.497 e. The van der Waals surface area contributed by atoms with E-state index in [4.69, 9.17) is 21.7 Å². The Morgan fingerprint density at radius 1 is 1.25 bits per heavy atom. The summed E-state index contributed by atoms with van der Waals surface area (Å²) < 4.78 is 12.9. The molecule has 0 saturated carbocycles. The van der Waals surface area contributed by atoms with Crippen molar-refractivity contribution in [3.63, 3.8) is 0 Å². The number of carbonyl (C=O) groups is 1. The highest BCUT2D eigenvalue weighted by Gasteiger charge is 2.32. The van der Waals surface area contributed by atoms with Gasteiger partial charge in [0.25, 0.3) is 11.5 Å². The third-order valence-electron chi connectivity index (χ3n) is 6.22. The van der Waals surface area contributed by atoms with Gasteiger partial charge in [0.15, 0.2) is 0 Å². The molecule has 36 heavy (non-hydrogen) atoms. The van der Waals surface area contributed by atoms with Crippen LogP contribution in [-0.4, -0.2) is 57.4 Å². The Kier molecular flexibility index (Phi) is 7.35. The van der Waals surface area contributed by atoms with Gasteiger partial charge in [-0.2, -0.15) is 0 Å². The number of benzene rings is 1. The summed E-state index contributed by atoms with van der Waals surface area (Å²) in [5.74, 6) is 1.01. The van der Waals surface area contributed by atoms with Crippen LogP contribution in [0.3, 0.4) is 0 Å². The van der Waals surface area contributed by atoms with Crippen LogP contribution in [0.1, 0.15) is 24.0 Å². The van der Waals surface area contributed by atoms with E-state index in [9.17, 15) is 9.59 Å². The zero-order valence-electron chi connectivity index (χ0n) is 19.8. The van der Waals surface area contributed by atoms with Gasteiger partial charge in [-0.15, -0.1) is 0 Å². The van der Waals surface area contributed by atoms with E-state index >= 15 is 0 Å². The summed E-state index contributed by atoms with van der Waals surface area (Å²) in [6, 6.07) is 13.1. The van der Waals surface area contributed by atoms with Gasteiger partial charge in [-0.05, 0) is 55.2 Å². The molecular weight excluding hydrogens is 496 g/mol. The second-order valence-electron chi connectivity index (χ2n) is 8.56. The Morgan fingerprint density at radius 3 is 2.83 bits per heavy atom. The molecule has 3 aromatic rings. The van der Waals surface area contributed by atoms with Gasteiger partial charge in [0.1, 0.15) is 21.5 Å². The average molecular weight is 523 g/mol. The molecule has 2 aliphatic rings. The number of fused-ring (bicyclic) bond motifs is 1. The SMILES string of the molecule is COc1ccc(CCN2C(=O)/C(=C/c3c(NC[C@@H]4CCCO4)nc4ccccn4c3=O)SC2=S)cc1. The lowest BCUT2D eigenvalue weighted by molar-refractivity contribution is -0.122. The minimum atomic E-state index is -0.251. The fraction of sp³-hybridized carbons (Fsp3) is 0.308. The van der Waals surface area contributed by atoms with Crippen molar-refractivity contribution in [3.8, 4) is 5.75 Å². The number of hydrogen-bond acceptors (Lipinski definition) is 8. The molecule has 186 valence electrons. The van der Waals surface area contributed by atoms with Crippen molar-refractivity contribution >= 4 is 51.7 Å². The van der Waals surface area contributed by atoms with Crippen LogP contribution in [0.4, 0.5) is 5.82 Å². The number of rotatable bonds is 8. The molecule has 8 nitrogen and oxygen atoms in total. The fourth-order valence-electron chi connectivity index (χ4n) is 4.24. The number of thiocarbonyl (C=S) groups is 1. The third-order valence-corrected chi connectivity index (χ3v) is 7.60. The predicted molar refractivity (Wildman–Crippen MR) is 146 cm³/mol. The van der Waals surface area contributed by atoms with E-state index in [1.54, 1.807) is 36.4 Å². The van der Waals surface area contributed by atoms with E-state index in [1.807, 2.05) is 30.3 Å². The number of methoxy groups -OCH3 is 1. The van der Waals surface area contributed by atoms with Crippen molar-refractivity contribution in [2.75, 3.05) is 32.1 Å². The number of aromatic nitrogens is 2. The van der Waals surface area contributed by atoms with Crippen LogP contribution in [0.2, 0.25) is 0 Å². The molecule has 0 aliphatic carbocycles. The van der Waals surface area contributed by atoms with Gasteiger partial charge in [-0.3, -0.25) is 18.9 Å². The summed E-state index contributed by atoms with van der Waals surface area (Å²) >= 11 is 6.71. The Labute approximate surface area is 218 Å². The van der Waals surface area contributed by atoms with Gasteiger partial charge in [0.2, 0.25) is 0 Å². The molecule has 0 unspecified atom stereocenters. The molecule has 1 aromatic carbocycles. The van der Waals surface area contributed by atoms with Crippen LogP contribution in [0.5, 0.6) is 5.75 Å². The second kappa shape index (κ2) is 10.8. The quantitative estimate of drug-likeness (QED) is 0.354. The predicted octanol–water partition coefficient (Wildman–Crippen LogP) is 3.74. The molecule has 10 heteroatoms. The van der Waals surface area contributed by atoms with Crippen molar-refractivity contribution in [2.24, 2.45) is 0 Å². The molecule has 0 radical (unpaired) electrons. The number of ether oxygens (including phenoxy) is 2. The lowest BCUT2D eigenvalue weighted by Gasteiger charge is -2.15. The third kappa shape index (κ3) is 5.16. The first-order valence-electron chi connectivity index (χ1n) is 11.8. The van der Waals surface area contributed by atoms with Crippen LogP contribution >= 0.6 is 24.0 Å². The van der Waals surface area contributed by atoms with Crippen LogP contribution in [-0.2, 0) is 16.0 Å². The maximum atomic E-state index is 13.4. The second-order valence-corrected chi connectivity index (χ2v) is 10.2. The molecule has 2 fully saturated rings. The first-order chi connectivity index (χ1) is 17.5. The number of hydrogen-bond donors (Lipinski definition) is 1. The van der Waals surface area contributed by atoms with Crippen molar-refractivity contribution in [2.45, 2.75) is 25.4 Å². The number of nitrogens with zero attached hydrogens (tertiary/aromatic N) is 3. The van der Waals surface area contributed by atoms with Crippen molar-refractivity contribution in [1.82, 2.24) is 14.3 Å². The number of anilines is 1. The molecule has 1 atom stereocenters. The summed E-state index contributed by atoms with van der Waals surface area (Å²) in [7, 11) is 1.63. The Balaban J connectivity index is 1.40. The molecule has 0 bridgehead atoms. The molecule has 2 aliphatic heterocycles. The molecule has 2 aromatic heterocycles. The number of carbonyl (C=O) groups excluding carboxylic acids is 1. The standard InChI is InChI=1S/C26H26N4O4S2/c1-33-18-9-7-17(8-10-18)11-13-30-25(32)21(36-26(30)35)15-20-23(27-16-19-5-4-14-34-19)28-22-6-2-3-12-29(22)24(20)31/h2-3,6-10,12,15,19,27H,4-5,11,13-14,16H2,1H3/b21-15-/t19-/m0/s1. The Bertz CT molecular complexity index is 1380. The summed E-state index contributed by atoms with van der Waals surface area (Å²) in [5.41, 5.74) is 1.68. The molecule has 5 rings (SSSR count). The zero-order chi connectivity index (χ0) is 25.1. The number of amides is 1. The van der Waals surface area contributed by atoms with E-state index in [0.717, 1.165) is 30.8 Å². The highest BCUT2D eigenvalue weighted by molar-refractivity contribution is 8.26. The monoisotopic (exact) mass is 522 g/mol. The fourth-order valence-corrected chi connectivity index (χ4v) is 5.53.